The number of amides is 3. The summed E-state index contributed by atoms with van der Waals surface area (Å²) in [5, 5.41) is 5.62. The first-order chi connectivity index (χ1) is 14.5. The van der Waals surface area contributed by atoms with Gasteiger partial charge in [-0.2, -0.15) is 0 Å². The Kier molecular flexibility index (Phi) is 5.34. The van der Waals surface area contributed by atoms with Gasteiger partial charge in [0.1, 0.15) is 6.26 Å². The van der Waals surface area contributed by atoms with E-state index in [1.807, 2.05) is 24.3 Å². The van der Waals surface area contributed by atoms with E-state index in [-0.39, 0.29) is 17.7 Å². The summed E-state index contributed by atoms with van der Waals surface area (Å²) in [6, 6.07) is 14.3. The van der Waals surface area contributed by atoms with Crippen molar-refractivity contribution in [1.82, 2.24) is 5.32 Å². The van der Waals surface area contributed by atoms with E-state index >= 15 is 0 Å². The minimum absolute atomic E-state index is 0.0985. The van der Waals surface area contributed by atoms with Crippen molar-refractivity contribution in [3.05, 3.63) is 83.3 Å². The topological polar surface area (TPSA) is 91.7 Å². The Bertz CT molecular complexity index is 1090. The molecule has 7 nitrogen and oxygen atoms in total. The lowest BCUT2D eigenvalue weighted by Gasteiger charge is -2.16. The molecule has 0 fully saturated rings. The molecule has 3 amide bonds. The Morgan fingerprint density at radius 2 is 1.83 bits per heavy atom. The molecule has 0 spiro atoms. The zero-order valence-corrected chi connectivity index (χ0v) is 16.5. The maximum atomic E-state index is 12.6. The van der Waals surface area contributed by atoms with E-state index in [2.05, 4.69) is 10.6 Å². The lowest BCUT2D eigenvalue weighted by atomic mass is 10.1. The number of carbonyl (C=O) groups is 3. The molecule has 30 heavy (non-hydrogen) atoms. The molecule has 4 rings (SSSR count). The van der Waals surface area contributed by atoms with Gasteiger partial charge in [-0.3, -0.25) is 14.4 Å². The first-order valence-corrected chi connectivity index (χ1v) is 9.63. The average molecular weight is 403 g/mol. The third kappa shape index (κ3) is 4.10. The molecule has 1 aromatic heterocycles. The first-order valence-electron chi connectivity index (χ1n) is 9.63. The molecule has 0 saturated heterocycles. The fourth-order valence-electron chi connectivity index (χ4n) is 3.44. The maximum Gasteiger partial charge on any atom is 0.261 e. The molecule has 0 bridgehead atoms. The third-order valence-electron chi connectivity index (χ3n) is 5.00. The second-order valence-electron chi connectivity index (χ2n) is 7.12. The van der Waals surface area contributed by atoms with Crippen LogP contribution in [0.1, 0.15) is 38.8 Å². The molecule has 152 valence electrons. The van der Waals surface area contributed by atoms with Gasteiger partial charge in [-0.05, 0) is 53.9 Å². The first kappa shape index (κ1) is 19.4. The zero-order valence-electron chi connectivity index (χ0n) is 16.5. The lowest BCUT2D eigenvalue weighted by Crippen LogP contribution is -2.28. The summed E-state index contributed by atoms with van der Waals surface area (Å²) in [5.41, 5.74) is 4.50. The minimum Gasteiger partial charge on any atom is -0.472 e. The highest BCUT2D eigenvalue weighted by atomic mass is 16.3. The summed E-state index contributed by atoms with van der Waals surface area (Å²) in [5.74, 6) is -0.414. The maximum absolute atomic E-state index is 12.6. The number of hydrogen-bond acceptors (Lipinski definition) is 4. The van der Waals surface area contributed by atoms with E-state index in [9.17, 15) is 14.4 Å². The molecule has 2 heterocycles. The van der Waals surface area contributed by atoms with Gasteiger partial charge in [-0.1, -0.05) is 12.1 Å². The molecule has 0 saturated carbocycles. The van der Waals surface area contributed by atoms with Crippen LogP contribution in [0.2, 0.25) is 0 Å². The van der Waals surface area contributed by atoms with Gasteiger partial charge in [0.15, 0.2) is 0 Å². The van der Waals surface area contributed by atoms with E-state index < -0.39 is 0 Å². The fraction of sp³-hybridized carbons (Fsp3) is 0.174. The number of carbonyl (C=O) groups excluding carboxylic acids is 3. The zero-order chi connectivity index (χ0) is 21.1. The number of fused-ring (bicyclic) bond motifs is 1. The lowest BCUT2D eigenvalue weighted by molar-refractivity contribution is -0.119. The molecule has 2 N–H and O–H groups in total. The van der Waals surface area contributed by atoms with Crippen LogP contribution in [0.15, 0.2) is 65.5 Å². The van der Waals surface area contributed by atoms with E-state index in [1.54, 1.807) is 29.2 Å². The Labute approximate surface area is 173 Å². The summed E-state index contributed by atoms with van der Waals surface area (Å²) in [6.07, 6.45) is 3.64. The monoisotopic (exact) mass is 403 g/mol. The van der Waals surface area contributed by atoms with E-state index in [4.69, 9.17) is 4.42 Å². The predicted octanol–water partition coefficient (Wildman–Crippen LogP) is 3.37. The smallest absolute Gasteiger partial charge is 0.261 e. The van der Waals surface area contributed by atoms with Gasteiger partial charge in [0, 0.05) is 37.0 Å². The van der Waals surface area contributed by atoms with Crippen molar-refractivity contribution in [3.63, 3.8) is 0 Å². The van der Waals surface area contributed by atoms with Gasteiger partial charge in [-0.15, -0.1) is 0 Å². The second-order valence-corrected chi connectivity index (χ2v) is 7.12. The fourth-order valence-corrected chi connectivity index (χ4v) is 3.44. The van der Waals surface area contributed by atoms with Crippen LogP contribution >= 0.6 is 0 Å². The summed E-state index contributed by atoms with van der Waals surface area (Å²) >= 11 is 0. The Hall–Kier alpha value is -3.87. The van der Waals surface area contributed by atoms with Crippen LogP contribution in [0.5, 0.6) is 0 Å². The number of nitrogens with zero attached hydrogens (tertiary/aromatic N) is 1. The van der Waals surface area contributed by atoms with Gasteiger partial charge in [0.05, 0.1) is 11.8 Å². The van der Waals surface area contributed by atoms with Crippen LogP contribution in [0.4, 0.5) is 11.4 Å². The normalized spacial score (nSPS) is 12.4. The summed E-state index contributed by atoms with van der Waals surface area (Å²) in [6.45, 7) is 2.48. The van der Waals surface area contributed by atoms with Crippen LogP contribution < -0.4 is 15.5 Å². The second kappa shape index (κ2) is 8.24. The number of anilines is 2. The van der Waals surface area contributed by atoms with Crippen molar-refractivity contribution >= 4 is 29.1 Å². The summed E-state index contributed by atoms with van der Waals surface area (Å²) in [7, 11) is 0. The molecule has 1 aliphatic heterocycles. The van der Waals surface area contributed by atoms with Crippen molar-refractivity contribution in [1.29, 1.82) is 0 Å². The summed E-state index contributed by atoms with van der Waals surface area (Å²) in [4.78, 5) is 37.9. The van der Waals surface area contributed by atoms with Crippen LogP contribution in [-0.4, -0.2) is 24.3 Å². The Morgan fingerprint density at radius 1 is 1.03 bits per heavy atom. The third-order valence-corrected chi connectivity index (χ3v) is 5.00. The minimum atomic E-state index is -0.217. The highest BCUT2D eigenvalue weighted by Gasteiger charge is 2.26. The van der Waals surface area contributed by atoms with Gasteiger partial charge in [0.2, 0.25) is 5.91 Å². The van der Waals surface area contributed by atoms with Gasteiger partial charge >= 0.3 is 0 Å². The molecule has 2 aromatic carbocycles. The van der Waals surface area contributed by atoms with E-state index in [0.717, 1.165) is 23.2 Å². The Morgan fingerprint density at radius 3 is 2.53 bits per heavy atom. The van der Waals surface area contributed by atoms with Gasteiger partial charge < -0.3 is 20.0 Å². The predicted molar refractivity (Wildman–Crippen MR) is 112 cm³/mol. The van der Waals surface area contributed by atoms with E-state index in [0.29, 0.717) is 29.9 Å². The standard InChI is InChI=1S/C23H21N3O4/c1-15(27)24-13-16-2-4-17(5-3-16)22(28)25-20-6-7-21-18(12-20)8-10-26(21)23(29)19-9-11-30-14-19/h2-7,9,11-12,14H,8,10,13H2,1H3,(H,24,27)(H,25,28). The molecular weight excluding hydrogens is 382 g/mol. The van der Waals surface area contributed by atoms with Crippen molar-refractivity contribution in [2.75, 3.05) is 16.8 Å². The number of furan rings is 1. The SMILES string of the molecule is CC(=O)NCc1ccc(C(=O)Nc2ccc3c(c2)CCN3C(=O)c2ccoc2)cc1. The number of benzene rings is 2. The number of hydrogen-bond donors (Lipinski definition) is 2. The molecule has 3 aromatic rings. The highest BCUT2D eigenvalue weighted by Crippen LogP contribution is 2.31. The van der Waals surface area contributed by atoms with Crippen LogP contribution in [-0.2, 0) is 17.8 Å². The summed E-state index contributed by atoms with van der Waals surface area (Å²) < 4.78 is 5.01. The molecule has 0 unspecified atom stereocenters. The van der Waals surface area contributed by atoms with Crippen LogP contribution in [0, 0.1) is 0 Å². The molecule has 1 aliphatic rings. The van der Waals surface area contributed by atoms with E-state index in [1.165, 1.54) is 19.5 Å². The molecule has 0 atom stereocenters. The van der Waals surface area contributed by atoms with Crippen molar-refractivity contribution in [2.24, 2.45) is 0 Å². The molecule has 0 radical (unpaired) electrons. The van der Waals surface area contributed by atoms with Gasteiger partial charge in [-0.25, -0.2) is 0 Å². The number of rotatable bonds is 5. The quantitative estimate of drug-likeness (QED) is 0.683. The van der Waals surface area contributed by atoms with Crippen LogP contribution in [0.3, 0.4) is 0 Å². The van der Waals surface area contributed by atoms with Crippen molar-refractivity contribution in [3.8, 4) is 0 Å². The van der Waals surface area contributed by atoms with Crippen LogP contribution in [0.25, 0.3) is 0 Å². The number of nitrogens with one attached hydrogen (secondary N) is 2. The van der Waals surface area contributed by atoms with Gasteiger partial charge in [0.25, 0.3) is 11.8 Å². The molecular formula is C23H21N3O4. The highest BCUT2D eigenvalue weighted by molar-refractivity contribution is 6.08. The Balaban J connectivity index is 1.43. The molecule has 7 heteroatoms. The largest absolute Gasteiger partial charge is 0.472 e. The van der Waals surface area contributed by atoms with Crippen molar-refractivity contribution in [2.45, 2.75) is 19.9 Å². The van der Waals surface area contributed by atoms with Crippen molar-refractivity contribution < 1.29 is 18.8 Å². The molecule has 0 aliphatic carbocycles. The average Bonchev–Trinajstić information content (AvgIpc) is 3.42.